The fourth-order valence-corrected chi connectivity index (χ4v) is 2.12. The van der Waals surface area contributed by atoms with Crippen molar-refractivity contribution in [1.82, 2.24) is 9.80 Å². The van der Waals surface area contributed by atoms with Crippen molar-refractivity contribution >= 4 is 6.03 Å². The molecule has 1 saturated heterocycles. The monoisotopic (exact) mass is 263 g/mol. The molecule has 2 rings (SSSR count). The minimum absolute atomic E-state index is 0.116. The summed E-state index contributed by atoms with van der Waals surface area (Å²) in [6.07, 6.45) is 0.840. The molecule has 19 heavy (non-hydrogen) atoms. The molecule has 104 valence electrons. The van der Waals surface area contributed by atoms with Crippen LogP contribution in [0.1, 0.15) is 12.0 Å². The number of carbonyl (C=O) groups excluding carboxylic acids is 1. The highest BCUT2D eigenvalue weighted by Crippen LogP contribution is 2.13. The van der Waals surface area contributed by atoms with Gasteiger partial charge >= 0.3 is 6.03 Å². The number of urea groups is 1. The maximum Gasteiger partial charge on any atom is 0.319 e. The predicted octanol–water partition coefficient (Wildman–Crippen LogP) is 1.28. The van der Waals surface area contributed by atoms with E-state index in [-0.39, 0.29) is 6.03 Å². The summed E-state index contributed by atoms with van der Waals surface area (Å²) in [6.45, 7) is 3.52. The van der Waals surface area contributed by atoms with Gasteiger partial charge in [-0.25, -0.2) is 4.79 Å². The molecule has 0 atom stereocenters. The minimum atomic E-state index is 0.116. The van der Waals surface area contributed by atoms with Crippen molar-refractivity contribution in [1.29, 1.82) is 0 Å². The van der Waals surface area contributed by atoms with Crippen molar-refractivity contribution in [2.24, 2.45) is 5.73 Å². The highest BCUT2D eigenvalue weighted by Gasteiger charge is 2.24. The molecule has 2 N–H and O–H groups in total. The van der Waals surface area contributed by atoms with E-state index in [1.165, 1.54) is 0 Å². The summed E-state index contributed by atoms with van der Waals surface area (Å²) in [5.74, 6) is 0.841. The van der Waals surface area contributed by atoms with E-state index in [2.05, 4.69) is 0 Å². The van der Waals surface area contributed by atoms with Crippen LogP contribution in [0.5, 0.6) is 5.75 Å². The first-order valence-electron chi connectivity index (χ1n) is 6.62. The van der Waals surface area contributed by atoms with Gasteiger partial charge in [-0.05, 0) is 24.1 Å². The fourth-order valence-electron chi connectivity index (χ4n) is 2.12. The molecule has 1 aromatic carbocycles. The number of benzene rings is 1. The van der Waals surface area contributed by atoms with Gasteiger partial charge in [0, 0.05) is 33.2 Å². The Labute approximate surface area is 113 Å². The predicted molar refractivity (Wildman–Crippen MR) is 74.0 cm³/mol. The van der Waals surface area contributed by atoms with Gasteiger partial charge in [0.2, 0.25) is 0 Å². The molecule has 2 amide bonds. The second-order valence-corrected chi connectivity index (χ2v) is 4.74. The summed E-state index contributed by atoms with van der Waals surface area (Å²) in [7, 11) is 1.83. The lowest BCUT2D eigenvalue weighted by atomic mass is 10.2. The van der Waals surface area contributed by atoms with E-state index >= 15 is 0 Å². The molecule has 5 nitrogen and oxygen atoms in total. The highest BCUT2D eigenvalue weighted by molar-refractivity contribution is 5.76. The van der Waals surface area contributed by atoms with Crippen molar-refractivity contribution in [3.8, 4) is 5.75 Å². The van der Waals surface area contributed by atoms with Crippen molar-refractivity contribution in [3.05, 3.63) is 29.8 Å². The zero-order chi connectivity index (χ0) is 13.7. The third kappa shape index (κ3) is 3.61. The van der Waals surface area contributed by atoms with E-state index < -0.39 is 0 Å². The van der Waals surface area contributed by atoms with Crippen molar-refractivity contribution in [2.45, 2.75) is 13.0 Å². The van der Waals surface area contributed by atoms with Gasteiger partial charge in [0.05, 0.1) is 6.61 Å². The number of nitrogens with two attached hydrogens (primary N) is 1. The smallest absolute Gasteiger partial charge is 0.319 e. The average Bonchev–Trinajstić information content (AvgIpc) is 2.75. The Kier molecular flexibility index (Phi) is 4.63. The molecule has 1 aliphatic heterocycles. The van der Waals surface area contributed by atoms with Gasteiger partial charge in [0.15, 0.2) is 0 Å². The Morgan fingerprint density at radius 2 is 2.21 bits per heavy atom. The fraction of sp³-hybridized carbons (Fsp3) is 0.500. The minimum Gasteiger partial charge on any atom is -0.494 e. The summed E-state index contributed by atoms with van der Waals surface area (Å²) in [4.78, 5) is 15.3. The SMILES string of the molecule is CN1CCN(CCCOc2cccc(CN)c2)C1=O. The largest absolute Gasteiger partial charge is 0.494 e. The van der Waals surface area contributed by atoms with Gasteiger partial charge in [-0.15, -0.1) is 0 Å². The molecule has 0 aliphatic carbocycles. The highest BCUT2D eigenvalue weighted by atomic mass is 16.5. The molecule has 0 saturated carbocycles. The van der Waals surface area contributed by atoms with E-state index in [9.17, 15) is 4.79 Å². The number of amides is 2. The summed E-state index contributed by atoms with van der Waals surface area (Å²) in [5.41, 5.74) is 6.64. The number of hydrogen-bond acceptors (Lipinski definition) is 3. The van der Waals surface area contributed by atoms with Gasteiger partial charge < -0.3 is 20.3 Å². The maximum absolute atomic E-state index is 11.7. The maximum atomic E-state index is 11.7. The third-order valence-electron chi connectivity index (χ3n) is 3.28. The number of hydrogen-bond donors (Lipinski definition) is 1. The summed E-state index contributed by atoms with van der Waals surface area (Å²) in [5, 5.41) is 0. The van der Waals surface area contributed by atoms with Crippen LogP contribution in [-0.2, 0) is 6.54 Å². The molecule has 0 bridgehead atoms. The molecule has 1 fully saturated rings. The Hall–Kier alpha value is -1.75. The summed E-state index contributed by atoms with van der Waals surface area (Å²) in [6, 6.07) is 7.91. The van der Waals surface area contributed by atoms with Crippen LogP contribution >= 0.6 is 0 Å². The zero-order valence-electron chi connectivity index (χ0n) is 11.3. The molecular formula is C14H21N3O2. The van der Waals surface area contributed by atoms with Gasteiger partial charge in [-0.1, -0.05) is 12.1 Å². The number of rotatable bonds is 6. The standard InChI is InChI=1S/C14H21N3O2/c1-16-7-8-17(14(16)18)6-3-9-19-13-5-2-4-12(10-13)11-15/h2,4-5,10H,3,6-9,11,15H2,1H3. The van der Waals surface area contributed by atoms with Crippen LogP contribution in [0.4, 0.5) is 4.79 Å². The van der Waals surface area contributed by atoms with E-state index in [1.54, 1.807) is 4.90 Å². The van der Waals surface area contributed by atoms with E-state index in [4.69, 9.17) is 10.5 Å². The first kappa shape index (κ1) is 13.7. The molecular weight excluding hydrogens is 242 g/mol. The Morgan fingerprint density at radius 3 is 2.89 bits per heavy atom. The normalized spacial score (nSPS) is 15.2. The first-order chi connectivity index (χ1) is 9.20. The van der Waals surface area contributed by atoms with Gasteiger partial charge in [-0.2, -0.15) is 0 Å². The number of ether oxygens (including phenoxy) is 1. The van der Waals surface area contributed by atoms with E-state index in [1.807, 2.05) is 36.2 Å². The van der Waals surface area contributed by atoms with Gasteiger partial charge in [0.25, 0.3) is 0 Å². The lowest BCUT2D eigenvalue weighted by Gasteiger charge is -2.16. The zero-order valence-corrected chi connectivity index (χ0v) is 11.3. The van der Waals surface area contributed by atoms with E-state index in [0.29, 0.717) is 13.2 Å². The molecule has 0 unspecified atom stereocenters. The van der Waals surface area contributed by atoms with Crippen LogP contribution in [-0.4, -0.2) is 49.1 Å². The van der Waals surface area contributed by atoms with Crippen molar-refractivity contribution in [2.75, 3.05) is 33.3 Å². The van der Waals surface area contributed by atoms with Crippen molar-refractivity contribution < 1.29 is 9.53 Å². The van der Waals surface area contributed by atoms with Gasteiger partial charge in [0.1, 0.15) is 5.75 Å². The molecule has 5 heteroatoms. The lowest BCUT2D eigenvalue weighted by Crippen LogP contribution is -2.30. The van der Waals surface area contributed by atoms with Crippen LogP contribution in [0, 0.1) is 0 Å². The Morgan fingerprint density at radius 1 is 1.37 bits per heavy atom. The molecule has 0 radical (unpaired) electrons. The van der Waals surface area contributed by atoms with Crippen LogP contribution in [0.15, 0.2) is 24.3 Å². The second kappa shape index (κ2) is 6.43. The molecule has 1 heterocycles. The number of carbonyl (C=O) groups is 1. The molecule has 1 aromatic rings. The molecule has 0 aromatic heterocycles. The summed E-state index contributed by atoms with van der Waals surface area (Å²) >= 11 is 0. The molecule has 1 aliphatic rings. The topological polar surface area (TPSA) is 58.8 Å². The van der Waals surface area contributed by atoms with E-state index in [0.717, 1.165) is 37.4 Å². The second-order valence-electron chi connectivity index (χ2n) is 4.74. The van der Waals surface area contributed by atoms with Crippen LogP contribution in [0.3, 0.4) is 0 Å². The summed E-state index contributed by atoms with van der Waals surface area (Å²) < 4.78 is 5.66. The first-order valence-corrected chi connectivity index (χ1v) is 6.62. The van der Waals surface area contributed by atoms with Crippen LogP contribution in [0.2, 0.25) is 0 Å². The third-order valence-corrected chi connectivity index (χ3v) is 3.28. The Bertz CT molecular complexity index is 436. The number of likely N-dealkylation sites (N-methyl/N-ethyl adjacent to an activating group) is 1. The van der Waals surface area contributed by atoms with Gasteiger partial charge in [-0.3, -0.25) is 0 Å². The Balaban J connectivity index is 1.70. The van der Waals surface area contributed by atoms with Crippen LogP contribution in [0.25, 0.3) is 0 Å². The number of nitrogens with zero attached hydrogens (tertiary/aromatic N) is 2. The average molecular weight is 263 g/mol. The molecule has 0 spiro atoms. The van der Waals surface area contributed by atoms with Crippen molar-refractivity contribution in [3.63, 3.8) is 0 Å². The van der Waals surface area contributed by atoms with Crippen LogP contribution < -0.4 is 10.5 Å². The lowest BCUT2D eigenvalue weighted by molar-refractivity contribution is 0.194. The quantitative estimate of drug-likeness (QED) is 0.787.